The monoisotopic (exact) mass is 714 g/mol. The van der Waals surface area contributed by atoms with Gasteiger partial charge in [-0.2, -0.15) is 0 Å². The van der Waals surface area contributed by atoms with Gasteiger partial charge >= 0.3 is 5.97 Å². The zero-order valence-electron chi connectivity index (χ0n) is 32.0. The lowest BCUT2D eigenvalue weighted by Crippen LogP contribution is -2.58. The van der Waals surface area contributed by atoms with E-state index < -0.39 is 12.0 Å². The van der Waals surface area contributed by atoms with Crippen molar-refractivity contribution < 1.29 is 29.3 Å². The third kappa shape index (κ3) is 7.99. The van der Waals surface area contributed by atoms with Crippen LogP contribution in [0.2, 0.25) is 0 Å². The first-order valence-electron chi connectivity index (χ1n) is 20.0. The molecule has 0 saturated heterocycles. The van der Waals surface area contributed by atoms with E-state index in [9.17, 15) is 24.6 Å². The van der Waals surface area contributed by atoms with Gasteiger partial charge in [0.1, 0.15) is 12.6 Å². The van der Waals surface area contributed by atoms with Crippen LogP contribution < -0.4 is 10.6 Å². The van der Waals surface area contributed by atoms with Crippen LogP contribution in [0.4, 0.5) is 5.69 Å². The summed E-state index contributed by atoms with van der Waals surface area (Å²) in [6.45, 7) is 11.2. The number of aryl methyl sites for hydroxylation is 2. The first-order chi connectivity index (χ1) is 24.8. The summed E-state index contributed by atoms with van der Waals surface area (Å²) in [5.74, 6) is 1.53. The molecule has 4 aliphatic carbocycles. The maximum atomic E-state index is 13.5. The van der Waals surface area contributed by atoms with Gasteiger partial charge in [0.2, 0.25) is 11.8 Å². The zero-order chi connectivity index (χ0) is 37.2. The van der Waals surface area contributed by atoms with Crippen molar-refractivity contribution in [2.75, 3.05) is 5.32 Å². The summed E-state index contributed by atoms with van der Waals surface area (Å²) < 4.78 is 5.64. The highest BCUT2D eigenvalue weighted by Gasteiger charge is 2.62. The fourth-order valence-corrected chi connectivity index (χ4v) is 11.6. The van der Waals surface area contributed by atoms with E-state index in [1.807, 2.05) is 62.4 Å². The Morgan fingerprint density at radius 1 is 0.827 bits per heavy atom. The number of hydrogen-bond acceptors (Lipinski definition) is 6. The predicted molar refractivity (Wildman–Crippen MR) is 203 cm³/mol. The lowest BCUT2D eigenvalue weighted by molar-refractivity contribution is -0.174. The van der Waals surface area contributed by atoms with Gasteiger partial charge in [-0.25, -0.2) is 4.79 Å². The molecule has 0 radical (unpaired) electrons. The second-order valence-electron chi connectivity index (χ2n) is 17.5. The summed E-state index contributed by atoms with van der Waals surface area (Å²) >= 11 is 0. The number of carbonyl (C=O) groups excluding carboxylic acids is 3. The number of carbonyl (C=O) groups is 3. The molecule has 2 aromatic rings. The molecule has 0 spiro atoms. The van der Waals surface area contributed by atoms with Crippen molar-refractivity contribution in [2.45, 2.75) is 137 Å². The summed E-state index contributed by atoms with van der Waals surface area (Å²) in [5, 5.41) is 28.0. The van der Waals surface area contributed by atoms with Gasteiger partial charge in [0.25, 0.3) is 0 Å². The molecule has 4 aliphatic rings. The number of rotatable bonds is 12. The van der Waals surface area contributed by atoms with Crippen molar-refractivity contribution in [3.8, 4) is 0 Å². The van der Waals surface area contributed by atoms with Crippen molar-refractivity contribution in [3.63, 3.8) is 0 Å². The predicted octanol–water partition coefficient (Wildman–Crippen LogP) is 7.66. The number of para-hydroxylation sites is 1. The van der Waals surface area contributed by atoms with Crippen LogP contribution in [-0.4, -0.2) is 46.2 Å². The van der Waals surface area contributed by atoms with Gasteiger partial charge in [-0.1, -0.05) is 69.3 Å². The SMILES string of the molecule is Cc1cccc(C)c1NC(=O)CC[C@H](NC(=O)CC[C@@H](C)[C@H]1CC[C@H]2[C@@H]3[C@H](O)C[C@@H]4C[C@H](O)CC[C@]4(C)[C@H]3CC[C@]12C)C(=O)OCc1ccccc1. The van der Waals surface area contributed by atoms with Crippen LogP contribution in [0, 0.1) is 60.2 Å². The first kappa shape index (κ1) is 38.5. The number of anilines is 1. The average Bonchev–Trinajstić information content (AvgIpc) is 3.48. The summed E-state index contributed by atoms with van der Waals surface area (Å²) in [5.41, 5.74) is 3.89. The Bertz CT molecular complexity index is 1560. The Hall–Kier alpha value is -3.23. The molecule has 284 valence electrons. The molecule has 4 fully saturated rings. The van der Waals surface area contributed by atoms with E-state index in [0.717, 1.165) is 73.7 Å². The van der Waals surface area contributed by atoms with E-state index in [1.54, 1.807) is 0 Å². The van der Waals surface area contributed by atoms with Crippen LogP contribution >= 0.6 is 0 Å². The molecule has 0 bridgehead atoms. The number of benzene rings is 2. The number of aliphatic hydroxyl groups excluding tert-OH is 2. The van der Waals surface area contributed by atoms with Gasteiger partial charge in [-0.05, 0) is 141 Å². The van der Waals surface area contributed by atoms with E-state index in [-0.39, 0.29) is 54.3 Å². The standard InChI is InChI=1S/C44H62N2O6/c1-27(33-15-16-34-40-35(21-23-44(33,34)5)43(4)22-20-32(47)24-31(43)25-37(40)48)14-18-38(49)45-36(42(51)52-26-30-12-7-6-8-13-30)17-19-39(50)46-41-28(2)10-9-11-29(41)3/h6-13,27,31-37,40,47-48H,14-26H2,1-5H3,(H,45,49)(H,46,50)/t27-,31+,32-,33-,34+,35+,36+,37-,40+,43+,44-/m1/s1. The fourth-order valence-electron chi connectivity index (χ4n) is 11.6. The second-order valence-corrected chi connectivity index (χ2v) is 17.5. The summed E-state index contributed by atoms with van der Waals surface area (Å²) in [6.07, 6.45) is 8.76. The van der Waals surface area contributed by atoms with Crippen LogP contribution in [0.1, 0.15) is 115 Å². The van der Waals surface area contributed by atoms with Gasteiger partial charge in [-0.3, -0.25) is 9.59 Å². The van der Waals surface area contributed by atoms with E-state index >= 15 is 0 Å². The number of esters is 1. The second kappa shape index (κ2) is 16.0. The Labute approximate surface area is 310 Å². The van der Waals surface area contributed by atoms with E-state index in [2.05, 4.69) is 31.4 Å². The number of hydrogen-bond donors (Lipinski definition) is 4. The van der Waals surface area contributed by atoms with Crippen molar-refractivity contribution in [1.29, 1.82) is 0 Å². The molecule has 6 rings (SSSR count). The summed E-state index contributed by atoms with van der Waals surface area (Å²) in [6, 6.07) is 14.3. The topological polar surface area (TPSA) is 125 Å². The smallest absolute Gasteiger partial charge is 0.328 e. The van der Waals surface area contributed by atoms with Gasteiger partial charge in [-0.15, -0.1) is 0 Å². The van der Waals surface area contributed by atoms with Gasteiger partial charge in [0.05, 0.1) is 12.2 Å². The van der Waals surface area contributed by atoms with Crippen molar-refractivity contribution in [2.24, 2.45) is 46.3 Å². The van der Waals surface area contributed by atoms with Gasteiger partial charge < -0.3 is 25.6 Å². The molecule has 4 N–H and O–H groups in total. The highest BCUT2D eigenvalue weighted by atomic mass is 16.5. The number of ether oxygens (including phenoxy) is 1. The highest BCUT2D eigenvalue weighted by Crippen LogP contribution is 2.68. The third-order valence-corrected chi connectivity index (χ3v) is 14.5. The van der Waals surface area contributed by atoms with Crippen LogP contribution in [-0.2, 0) is 25.7 Å². The van der Waals surface area contributed by atoms with E-state index in [1.165, 1.54) is 0 Å². The van der Waals surface area contributed by atoms with E-state index in [0.29, 0.717) is 48.3 Å². The molecule has 0 heterocycles. The molecule has 4 saturated carbocycles. The van der Waals surface area contributed by atoms with Crippen LogP contribution in [0.5, 0.6) is 0 Å². The van der Waals surface area contributed by atoms with Crippen LogP contribution in [0.25, 0.3) is 0 Å². The van der Waals surface area contributed by atoms with Crippen molar-refractivity contribution in [1.82, 2.24) is 5.32 Å². The van der Waals surface area contributed by atoms with Crippen molar-refractivity contribution in [3.05, 3.63) is 65.2 Å². The van der Waals surface area contributed by atoms with Gasteiger partial charge in [0.15, 0.2) is 0 Å². The Kier molecular flexibility index (Phi) is 11.9. The molecule has 2 aromatic carbocycles. The van der Waals surface area contributed by atoms with Crippen molar-refractivity contribution >= 4 is 23.5 Å². The fraction of sp³-hybridized carbons (Fsp3) is 0.659. The number of aliphatic hydroxyl groups is 2. The Morgan fingerprint density at radius 3 is 2.23 bits per heavy atom. The summed E-state index contributed by atoms with van der Waals surface area (Å²) in [7, 11) is 0. The molecule has 11 atom stereocenters. The molecule has 8 nitrogen and oxygen atoms in total. The number of fused-ring (bicyclic) bond motifs is 5. The first-order valence-corrected chi connectivity index (χ1v) is 20.0. The lowest BCUT2D eigenvalue weighted by Gasteiger charge is -2.62. The Morgan fingerprint density at radius 2 is 1.50 bits per heavy atom. The minimum atomic E-state index is -0.933. The summed E-state index contributed by atoms with van der Waals surface area (Å²) in [4.78, 5) is 39.9. The maximum absolute atomic E-state index is 13.5. The van der Waals surface area contributed by atoms with Crippen LogP contribution in [0.15, 0.2) is 48.5 Å². The molecular weight excluding hydrogens is 652 g/mol. The molecule has 0 aliphatic heterocycles. The molecular formula is C44H62N2O6. The zero-order valence-corrected chi connectivity index (χ0v) is 32.0. The Balaban J connectivity index is 1.06. The molecule has 0 aromatic heterocycles. The lowest BCUT2D eigenvalue weighted by atomic mass is 9.43. The number of nitrogens with one attached hydrogen (secondary N) is 2. The number of amides is 2. The largest absolute Gasteiger partial charge is 0.459 e. The maximum Gasteiger partial charge on any atom is 0.328 e. The molecule has 0 unspecified atom stereocenters. The van der Waals surface area contributed by atoms with Gasteiger partial charge in [0, 0.05) is 18.5 Å². The molecule has 52 heavy (non-hydrogen) atoms. The van der Waals surface area contributed by atoms with Crippen LogP contribution in [0.3, 0.4) is 0 Å². The molecule has 2 amide bonds. The normalized spacial score (nSPS) is 33.5. The average molecular weight is 715 g/mol. The minimum Gasteiger partial charge on any atom is -0.459 e. The highest BCUT2D eigenvalue weighted by molar-refractivity contribution is 5.93. The van der Waals surface area contributed by atoms with E-state index in [4.69, 9.17) is 4.74 Å². The minimum absolute atomic E-state index is 0.0613. The molecule has 8 heteroatoms. The third-order valence-electron chi connectivity index (χ3n) is 14.5. The quantitative estimate of drug-likeness (QED) is 0.168.